The average Bonchev–Trinajstić information content (AvgIpc) is 2.70. The van der Waals surface area contributed by atoms with Crippen LogP contribution in [0.3, 0.4) is 0 Å². The zero-order valence-electron chi connectivity index (χ0n) is 7.45. The molecule has 2 amide bonds. The van der Waals surface area contributed by atoms with Gasteiger partial charge in [-0.1, -0.05) is 12.8 Å². The molecule has 1 heterocycles. The lowest BCUT2D eigenvalue weighted by Crippen LogP contribution is -2.33. The zero-order chi connectivity index (χ0) is 9.26. The van der Waals surface area contributed by atoms with Crippen molar-refractivity contribution in [2.45, 2.75) is 25.7 Å². The Bertz CT molecular complexity index is 246. The van der Waals surface area contributed by atoms with Crippen molar-refractivity contribution in [2.75, 3.05) is 6.54 Å². The van der Waals surface area contributed by atoms with Gasteiger partial charge in [0.1, 0.15) is 0 Å². The third-order valence-corrected chi connectivity index (χ3v) is 2.59. The van der Waals surface area contributed by atoms with Gasteiger partial charge < -0.3 is 0 Å². The summed E-state index contributed by atoms with van der Waals surface area (Å²) in [5.74, 6) is 1.01. The molecule has 1 saturated carbocycles. The molecule has 1 fully saturated rings. The van der Waals surface area contributed by atoms with Crippen LogP contribution < -0.4 is 0 Å². The Morgan fingerprint density at radius 3 is 2.15 bits per heavy atom. The second kappa shape index (κ2) is 3.32. The van der Waals surface area contributed by atoms with Crippen LogP contribution >= 0.6 is 0 Å². The first-order valence-corrected chi connectivity index (χ1v) is 4.64. The van der Waals surface area contributed by atoms with E-state index in [-0.39, 0.29) is 11.8 Å². The van der Waals surface area contributed by atoms with Gasteiger partial charge in [-0.3, -0.25) is 14.5 Å². The van der Waals surface area contributed by atoms with Crippen molar-refractivity contribution in [3.8, 4) is 0 Å². The van der Waals surface area contributed by atoms with Crippen LogP contribution in [0, 0.1) is 5.92 Å². The SMILES string of the molecule is O=C1C=CC(=O)N1C[C]1CCCC1. The van der Waals surface area contributed by atoms with Crippen molar-refractivity contribution >= 4 is 11.8 Å². The maximum atomic E-state index is 11.2. The molecule has 2 rings (SSSR count). The molecule has 2 aliphatic rings. The molecule has 0 spiro atoms. The number of carbonyl (C=O) groups is 2. The van der Waals surface area contributed by atoms with E-state index in [1.807, 2.05) is 0 Å². The van der Waals surface area contributed by atoms with Crippen LogP contribution in [0.4, 0.5) is 0 Å². The standard InChI is InChI=1S/C10H12NO2/c12-9-5-6-10(13)11(9)7-8-3-1-2-4-8/h5-6H,1-4,7H2. The summed E-state index contributed by atoms with van der Waals surface area (Å²) in [4.78, 5) is 23.7. The molecule has 0 unspecified atom stereocenters. The molecule has 1 radical (unpaired) electrons. The Morgan fingerprint density at radius 2 is 1.62 bits per heavy atom. The third-order valence-electron chi connectivity index (χ3n) is 2.59. The maximum Gasteiger partial charge on any atom is 0.253 e. The highest BCUT2D eigenvalue weighted by Crippen LogP contribution is 2.28. The summed E-state index contributed by atoms with van der Waals surface area (Å²) in [6, 6.07) is 0. The van der Waals surface area contributed by atoms with E-state index in [0.717, 1.165) is 12.8 Å². The van der Waals surface area contributed by atoms with Crippen molar-refractivity contribution in [2.24, 2.45) is 0 Å². The largest absolute Gasteiger partial charge is 0.275 e. The van der Waals surface area contributed by atoms with Gasteiger partial charge in [-0.2, -0.15) is 0 Å². The maximum absolute atomic E-state index is 11.2. The molecule has 1 aliphatic heterocycles. The van der Waals surface area contributed by atoms with Crippen molar-refractivity contribution in [3.63, 3.8) is 0 Å². The Morgan fingerprint density at radius 1 is 1.08 bits per heavy atom. The van der Waals surface area contributed by atoms with Gasteiger partial charge >= 0.3 is 0 Å². The number of hydrogen-bond donors (Lipinski definition) is 0. The van der Waals surface area contributed by atoms with Crippen molar-refractivity contribution < 1.29 is 9.59 Å². The van der Waals surface area contributed by atoms with Crippen LogP contribution in [0.1, 0.15) is 25.7 Å². The average molecular weight is 178 g/mol. The van der Waals surface area contributed by atoms with Gasteiger partial charge in [0, 0.05) is 18.7 Å². The number of nitrogens with zero attached hydrogens (tertiary/aromatic N) is 1. The second-order valence-electron chi connectivity index (χ2n) is 3.55. The first-order chi connectivity index (χ1) is 6.27. The lowest BCUT2D eigenvalue weighted by molar-refractivity contribution is -0.136. The zero-order valence-corrected chi connectivity index (χ0v) is 7.45. The van der Waals surface area contributed by atoms with E-state index in [9.17, 15) is 9.59 Å². The van der Waals surface area contributed by atoms with E-state index < -0.39 is 0 Å². The van der Waals surface area contributed by atoms with E-state index in [1.165, 1.54) is 35.8 Å². The molecule has 0 aromatic carbocycles. The Kier molecular flexibility index (Phi) is 2.17. The highest BCUT2D eigenvalue weighted by molar-refractivity contribution is 6.12. The summed E-state index contributed by atoms with van der Waals surface area (Å²) < 4.78 is 0. The highest BCUT2D eigenvalue weighted by Gasteiger charge is 2.27. The normalized spacial score (nSPS) is 23.5. The fourth-order valence-electron chi connectivity index (χ4n) is 1.84. The van der Waals surface area contributed by atoms with Crippen LogP contribution in [-0.4, -0.2) is 23.3 Å². The van der Waals surface area contributed by atoms with Crippen LogP contribution in [0.15, 0.2) is 12.2 Å². The third kappa shape index (κ3) is 1.64. The number of hydrogen-bond acceptors (Lipinski definition) is 2. The van der Waals surface area contributed by atoms with Gasteiger partial charge in [-0.05, 0) is 18.8 Å². The van der Waals surface area contributed by atoms with Crippen LogP contribution in [0.25, 0.3) is 0 Å². The van der Waals surface area contributed by atoms with E-state index in [2.05, 4.69) is 0 Å². The molecular weight excluding hydrogens is 166 g/mol. The van der Waals surface area contributed by atoms with Crippen LogP contribution in [-0.2, 0) is 9.59 Å². The molecule has 1 aliphatic carbocycles. The summed E-state index contributed by atoms with van der Waals surface area (Å²) in [6.07, 6.45) is 7.27. The molecule has 0 atom stereocenters. The van der Waals surface area contributed by atoms with Crippen molar-refractivity contribution in [1.82, 2.24) is 4.90 Å². The van der Waals surface area contributed by atoms with Gasteiger partial charge in [-0.25, -0.2) is 0 Å². The van der Waals surface area contributed by atoms with Crippen LogP contribution in [0.2, 0.25) is 0 Å². The molecule has 69 valence electrons. The number of rotatable bonds is 2. The smallest absolute Gasteiger partial charge is 0.253 e. The lowest BCUT2D eigenvalue weighted by atomic mass is 10.1. The predicted octanol–water partition coefficient (Wildman–Crippen LogP) is 1.06. The van der Waals surface area contributed by atoms with Gasteiger partial charge in [0.25, 0.3) is 11.8 Å². The van der Waals surface area contributed by atoms with Crippen molar-refractivity contribution in [3.05, 3.63) is 18.1 Å². The summed E-state index contributed by atoms with van der Waals surface area (Å²) in [7, 11) is 0. The first-order valence-electron chi connectivity index (χ1n) is 4.64. The Hall–Kier alpha value is -1.12. The van der Waals surface area contributed by atoms with Gasteiger partial charge in [0.2, 0.25) is 0 Å². The van der Waals surface area contributed by atoms with E-state index in [4.69, 9.17) is 0 Å². The summed E-state index contributed by atoms with van der Waals surface area (Å²) >= 11 is 0. The molecule has 0 N–H and O–H groups in total. The van der Waals surface area contributed by atoms with Crippen molar-refractivity contribution in [1.29, 1.82) is 0 Å². The lowest BCUT2D eigenvalue weighted by Gasteiger charge is -2.17. The minimum Gasteiger partial charge on any atom is -0.275 e. The minimum atomic E-state index is -0.163. The molecule has 3 nitrogen and oxygen atoms in total. The summed E-state index contributed by atoms with van der Waals surface area (Å²) in [5.41, 5.74) is 0. The van der Waals surface area contributed by atoms with Gasteiger partial charge in [-0.15, -0.1) is 0 Å². The predicted molar refractivity (Wildman–Crippen MR) is 47.6 cm³/mol. The fourth-order valence-corrected chi connectivity index (χ4v) is 1.84. The summed E-state index contributed by atoms with van der Waals surface area (Å²) in [6.45, 7) is 0.546. The molecule has 0 aromatic heterocycles. The molecule has 0 aromatic rings. The first kappa shape index (κ1) is 8.48. The minimum absolute atomic E-state index is 0.163. The van der Waals surface area contributed by atoms with E-state index in [1.54, 1.807) is 0 Å². The second-order valence-corrected chi connectivity index (χ2v) is 3.55. The quantitative estimate of drug-likeness (QED) is 0.593. The van der Waals surface area contributed by atoms with E-state index in [0.29, 0.717) is 6.54 Å². The van der Waals surface area contributed by atoms with Crippen LogP contribution in [0.5, 0.6) is 0 Å². The monoisotopic (exact) mass is 178 g/mol. The highest BCUT2D eigenvalue weighted by atomic mass is 16.2. The molecule has 0 bridgehead atoms. The van der Waals surface area contributed by atoms with Gasteiger partial charge in [0.05, 0.1) is 0 Å². The number of amides is 2. The molecular formula is C10H12NO2. The van der Waals surface area contributed by atoms with E-state index >= 15 is 0 Å². The number of imide groups is 1. The molecule has 0 saturated heterocycles. The number of carbonyl (C=O) groups excluding carboxylic acids is 2. The molecule has 3 heteroatoms. The summed E-state index contributed by atoms with van der Waals surface area (Å²) in [5, 5.41) is 0. The Balaban J connectivity index is 1.94. The topological polar surface area (TPSA) is 37.4 Å². The van der Waals surface area contributed by atoms with Gasteiger partial charge in [0.15, 0.2) is 0 Å². The Labute approximate surface area is 77.4 Å². The fraction of sp³-hybridized carbons (Fsp3) is 0.500. The molecule has 13 heavy (non-hydrogen) atoms.